The first kappa shape index (κ1) is 20.8. The zero-order chi connectivity index (χ0) is 22.0. The average molecular weight is 440 g/mol. The zero-order valence-corrected chi connectivity index (χ0v) is 17.8. The van der Waals surface area contributed by atoms with Crippen LogP contribution in [0.25, 0.3) is 21.9 Å². The van der Waals surface area contributed by atoms with Crippen molar-refractivity contribution in [1.82, 2.24) is 4.90 Å². The summed E-state index contributed by atoms with van der Waals surface area (Å²) in [7, 11) is 1.51. The van der Waals surface area contributed by atoms with Gasteiger partial charge in [-0.2, -0.15) is 0 Å². The van der Waals surface area contributed by atoms with Crippen LogP contribution in [-0.2, 0) is 19.1 Å². The Bertz CT molecular complexity index is 1220. The molecule has 2 heterocycles. The highest BCUT2D eigenvalue weighted by Crippen LogP contribution is 2.36. The molecular weight excluding hydrogens is 420 g/mol. The molecule has 9 heteroatoms. The number of carbonyl (C=O) groups is 3. The highest BCUT2D eigenvalue weighted by atomic mass is 32.2. The summed E-state index contributed by atoms with van der Waals surface area (Å²) in [6.45, 7) is 1.69. The van der Waals surface area contributed by atoms with E-state index in [4.69, 9.17) is 13.9 Å². The number of para-hydroxylation sites is 1. The fourth-order valence-corrected chi connectivity index (χ4v) is 4.27. The van der Waals surface area contributed by atoms with Crippen molar-refractivity contribution in [3.63, 3.8) is 0 Å². The van der Waals surface area contributed by atoms with Gasteiger partial charge in [-0.15, -0.1) is 0 Å². The fourth-order valence-electron chi connectivity index (χ4n) is 3.34. The van der Waals surface area contributed by atoms with Crippen LogP contribution >= 0.6 is 11.8 Å². The summed E-state index contributed by atoms with van der Waals surface area (Å²) in [5.41, 5.74) is 1.76. The van der Waals surface area contributed by atoms with Crippen LogP contribution in [0.4, 0.5) is 5.69 Å². The largest absolute Gasteiger partial charge is 0.495 e. The van der Waals surface area contributed by atoms with E-state index in [0.717, 1.165) is 16.4 Å². The number of benzene rings is 2. The number of hydrogen-bond donors (Lipinski definition) is 1. The first-order valence-corrected chi connectivity index (χ1v) is 10.6. The molecule has 0 radical (unpaired) electrons. The molecule has 1 aliphatic rings. The molecule has 8 nitrogen and oxygen atoms in total. The Hall–Kier alpha value is -3.46. The summed E-state index contributed by atoms with van der Waals surface area (Å²) in [5.74, 6) is -0.610. The van der Waals surface area contributed by atoms with Gasteiger partial charge in [0.15, 0.2) is 0 Å². The third kappa shape index (κ3) is 4.22. The second-order valence-electron chi connectivity index (χ2n) is 6.70. The van der Waals surface area contributed by atoms with E-state index in [1.54, 1.807) is 19.1 Å². The Labute approximate surface area is 182 Å². The maximum atomic E-state index is 12.7. The van der Waals surface area contributed by atoms with E-state index in [9.17, 15) is 14.4 Å². The number of amides is 2. The zero-order valence-electron chi connectivity index (χ0n) is 17.0. The van der Waals surface area contributed by atoms with Crippen molar-refractivity contribution in [2.75, 3.05) is 31.3 Å². The number of nitrogens with one attached hydrogen (secondary N) is 1. The van der Waals surface area contributed by atoms with E-state index in [-0.39, 0.29) is 24.8 Å². The standard InChI is InChI=1S/C22H20N2O6S/c1-3-29-22(27)10-21-24(20(26)12-31-21)11-19(25)23-15-9-17-14(8-18(15)28-2)13-6-4-5-7-16(13)30-17/h4-10H,3,11-12H2,1-2H3,(H,23,25)/b21-10-. The van der Waals surface area contributed by atoms with Crippen LogP contribution in [0.1, 0.15) is 6.92 Å². The molecule has 0 aliphatic carbocycles. The Kier molecular flexibility index (Phi) is 5.85. The number of rotatable bonds is 6. The van der Waals surface area contributed by atoms with Crippen molar-refractivity contribution >= 4 is 57.2 Å². The molecule has 2 amide bonds. The molecule has 0 bridgehead atoms. The topological polar surface area (TPSA) is 98.1 Å². The minimum Gasteiger partial charge on any atom is -0.495 e. The predicted octanol–water partition coefficient (Wildman–Crippen LogP) is 3.51. The molecule has 160 valence electrons. The van der Waals surface area contributed by atoms with Crippen LogP contribution in [0.3, 0.4) is 0 Å². The molecule has 0 atom stereocenters. The number of esters is 1. The van der Waals surface area contributed by atoms with Gasteiger partial charge >= 0.3 is 5.97 Å². The van der Waals surface area contributed by atoms with Crippen LogP contribution in [0.5, 0.6) is 5.75 Å². The Balaban J connectivity index is 1.57. The number of furan rings is 1. The van der Waals surface area contributed by atoms with E-state index < -0.39 is 11.9 Å². The summed E-state index contributed by atoms with van der Waals surface area (Å²) < 4.78 is 16.2. The number of hydrogen-bond acceptors (Lipinski definition) is 7. The molecule has 1 aliphatic heterocycles. The normalized spacial score (nSPS) is 15.1. The smallest absolute Gasteiger partial charge is 0.333 e. The summed E-state index contributed by atoms with van der Waals surface area (Å²) in [6.07, 6.45) is 1.23. The lowest BCUT2D eigenvalue weighted by Gasteiger charge is -2.17. The monoisotopic (exact) mass is 440 g/mol. The lowest BCUT2D eigenvalue weighted by atomic mass is 10.1. The lowest BCUT2D eigenvalue weighted by Crippen LogP contribution is -2.34. The molecule has 0 saturated carbocycles. The van der Waals surface area contributed by atoms with Gasteiger partial charge < -0.3 is 19.2 Å². The quantitative estimate of drug-likeness (QED) is 0.463. The van der Waals surface area contributed by atoms with Gasteiger partial charge in [0, 0.05) is 16.8 Å². The van der Waals surface area contributed by atoms with Crippen molar-refractivity contribution in [1.29, 1.82) is 0 Å². The van der Waals surface area contributed by atoms with Gasteiger partial charge in [0.1, 0.15) is 23.5 Å². The molecule has 1 N–H and O–H groups in total. The summed E-state index contributed by atoms with van der Waals surface area (Å²) in [6, 6.07) is 11.1. The van der Waals surface area contributed by atoms with Crippen LogP contribution in [0, 0.1) is 0 Å². The van der Waals surface area contributed by atoms with Gasteiger partial charge in [-0.05, 0) is 19.1 Å². The number of nitrogens with zero attached hydrogens (tertiary/aromatic N) is 1. The van der Waals surface area contributed by atoms with Gasteiger partial charge in [-0.3, -0.25) is 14.5 Å². The van der Waals surface area contributed by atoms with Crippen molar-refractivity contribution in [3.8, 4) is 5.75 Å². The number of anilines is 1. The van der Waals surface area contributed by atoms with E-state index >= 15 is 0 Å². The average Bonchev–Trinajstić information content (AvgIpc) is 3.27. The number of fused-ring (bicyclic) bond motifs is 3. The van der Waals surface area contributed by atoms with E-state index in [0.29, 0.717) is 22.0 Å². The number of methoxy groups -OCH3 is 1. The third-order valence-corrected chi connectivity index (χ3v) is 5.74. The Morgan fingerprint density at radius 1 is 1.23 bits per heavy atom. The van der Waals surface area contributed by atoms with Crippen LogP contribution < -0.4 is 10.1 Å². The van der Waals surface area contributed by atoms with Gasteiger partial charge in [-0.1, -0.05) is 30.0 Å². The molecule has 1 aromatic heterocycles. The maximum absolute atomic E-state index is 12.7. The van der Waals surface area contributed by atoms with Gasteiger partial charge in [-0.25, -0.2) is 4.79 Å². The molecule has 2 aromatic carbocycles. The molecule has 3 aromatic rings. The molecule has 4 rings (SSSR count). The van der Waals surface area contributed by atoms with Crippen molar-refractivity contribution in [3.05, 3.63) is 47.5 Å². The second kappa shape index (κ2) is 8.73. The van der Waals surface area contributed by atoms with Crippen LogP contribution in [0.2, 0.25) is 0 Å². The first-order chi connectivity index (χ1) is 15.0. The van der Waals surface area contributed by atoms with E-state index in [1.165, 1.54) is 29.8 Å². The highest BCUT2D eigenvalue weighted by Gasteiger charge is 2.29. The molecule has 0 spiro atoms. The van der Waals surface area contributed by atoms with Gasteiger partial charge in [0.2, 0.25) is 11.8 Å². The van der Waals surface area contributed by atoms with Crippen LogP contribution in [0.15, 0.2) is 51.9 Å². The Morgan fingerprint density at radius 2 is 2.03 bits per heavy atom. The highest BCUT2D eigenvalue weighted by molar-refractivity contribution is 8.04. The Morgan fingerprint density at radius 3 is 2.81 bits per heavy atom. The second-order valence-corrected chi connectivity index (χ2v) is 7.69. The minimum atomic E-state index is -0.554. The van der Waals surface area contributed by atoms with Crippen molar-refractivity contribution in [2.24, 2.45) is 0 Å². The summed E-state index contributed by atoms with van der Waals surface area (Å²) in [5, 5.41) is 4.98. The summed E-state index contributed by atoms with van der Waals surface area (Å²) in [4.78, 5) is 37.9. The molecule has 1 saturated heterocycles. The van der Waals surface area contributed by atoms with Gasteiger partial charge in [0.25, 0.3) is 0 Å². The molecule has 31 heavy (non-hydrogen) atoms. The number of ether oxygens (including phenoxy) is 2. The predicted molar refractivity (Wildman–Crippen MR) is 118 cm³/mol. The molecule has 0 unspecified atom stereocenters. The minimum absolute atomic E-state index is 0.160. The van der Waals surface area contributed by atoms with E-state index in [1.807, 2.05) is 24.3 Å². The maximum Gasteiger partial charge on any atom is 0.333 e. The summed E-state index contributed by atoms with van der Waals surface area (Å²) >= 11 is 1.19. The molecular formula is C22H20N2O6S. The third-order valence-electron chi connectivity index (χ3n) is 4.71. The number of thioether (sulfide) groups is 1. The number of carbonyl (C=O) groups excluding carboxylic acids is 3. The SMILES string of the molecule is CCOC(=O)/C=C1\SCC(=O)N1CC(=O)Nc1cc2oc3ccccc3c2cc1OC. The van der Waals surface area contributed by atoms with Crippen molar-refractivity contribution < 1.29 is 28.3 Å². The lowest BCUT2D eigenvalue weighted by molar-refractivity contribution is -0.137. The van der Waals surface area contributed by atoms with Gasteiger partial charge in [0.05, 0.1) is 36.3 Å². The molecule has 1 fully saturated rings. The first-order valence-electron chi connectivity index (χ1n) is 9.61. The van der Waals surface area contributed by atoms with Crippen molar-refractivity contribution in [2.45, 2.75) is 6.92 Å². The fraction of sp³-hybridized carbons (Fsp3) is 0.227. The van der Waals surface area contributed by atoms with Crippen LogP contribution in [-0.4, -0.2) is 48.7 Å². The van der Waals surface area contributed by atoms with E-state index in [2.05, 4.69) is 5.32 Å².